The van der Waals surface area contributed by atoms with E-state index < -0.39 is 23.5 Å². The molecule has 1 unspecified atom stereocenters. The number of para-hydroxylation sites is 1. The number of carbonyl (C=O) groups excluding carboxylic acids is 2. The van der Waals surface area contributed by atoms with Crippen LogP contribution in [0.25, 0.3) is 0 Å². The quantitative estimate of drug-likeness (QED) is 0.231. The average molecular weight is 662 g/mol. The van der Waals surface area contributed by atoms with Gasteiger partial charge in [0.25, 0.3) is 11.9 Å². The Morgan fingerprint density at radius 3 is 2.23 bits per heavy atom. The number of nitrogens with zero attached hydrogens (tertiary/aromatic N) is 5. The fourth-order valence-electron chi connectivity index (χ4n) is 6.21. The maximum absolute atomic E-state index is 13.9. The highest BCUT2D eigenvalue weighted by Gasteiger charge is 2.42. The summed E-state index contributed by atoms with van der Waals surface area (Å²) >= 11 is 0. The molecule has 48 heavy (non-hydrogen) atoms. The summed E-state index contributed by atoms with van der Waals surface area (Å²) in [4.78, 5) is 39.7. The number of anilines is 4. The number of carbonyl (C=O) groups is 2. The normalized spacial score (nSPS) is 16.5. The first-order valence-corrected chi connectivity index (χ1v) is 16.1. The minimum Gasteiger partial charge on any atom is -0.417 e. The van der Waals surface area contributed by atoms with Crippen LogP contribution in [-0.2, 0) is 11.0 Å². The lowest BCUT2D eigenvalue weighted by atomic mass is 9.90. The second kappa shape index (κ2) is 14.0. The van der Waals surface area contributed by atoms with E-state index in [2.05, 4.69) is 20.6 Å². The molecule has 10 nitrogen and oxygen atoms in total. The molecule has 2 amide bonds. The van der Waals surface area contributed by atoms with Gasteiger partial charge in [-0.3, -0.25) is 9.59 Å². The third-order valence-electron chi connectivity index (χ3n) is 8.94. The number of alkyl halides is 3. The van der Waals surface area contributed by atoms with Gasteiger partial charge in [0, 0.05) is 45.0 Å². The van der Waals surface area contributed by atoms with Crippen molar-refractivity contribution < 1.29 is 27.2 Å². The number of hydrogen-bond acceptors (Lipinski definition) is 8. The minimum atomic E-state index is -4.88. The van der Waals surface area contributed by atoms with Gasteiger partial charge in [-0.1, -0.05) is 48.5 Å². The molecule has 2 fully saturated rings. The lowest BCUT2D eigenvalue weighted by Gasteiger charge is -2.36. The van der Waals surface area contributed by atoms with Gasteiger partial charge in [-0.2, -0.15) is 18.2 Å². The van der Waals surface area contributed by atoms with Crippen molar-refractivity contribution in [3.8, 4) is 0 Å². The zero-order valence-electron chi connectivity index (χ0n) is 26.8. The average Bonchev–Trinajstić information content (AvgIpc) is 3.57. The van der Waals surface area contributed by atoms with Crippen LogP contribution < -0.4 is 20.4 Å². The van der Waals surface area contributed by atoms with Gasteiger partial charge in [-0.05, 0) is 61.9 Å². The predicted molar refractivity (Wildman–Crippen MR) is 177 cm³/mol. The molecule has 0 saturated carbocycles. The van der Waals surface area contributed by atoms with Crippen LogP contribution in [0.1, 0.15) is 53.1 Å². The van der Waals surface area contributed by atoms with Crippen molar-refractivity contribution in [1.29, 1.82) is 0 Å². The number of halogens is 3. The van der Waals surface area contributed by atoms with Gasteiger partial charge < -0.3 is 29.8 Å². The lowest BCUT2D eigenvalue weighted by molar-refractivity contribution is -0.141. The van der Waals surface area contributed by atoms with Crippen molar-refractivity contribution in [2.45, 2.75) is 44.8 Å². The third-order valence-corrected chi connectivity index (χ3v) is 8.94. The Hall–Kier alpha value is -5.07. The Morgan fingerprint density at radius 2 is 1.58 bits per heavy atom. The second-order valence-electron chi connectivity index (χ2n) is 12.2. The van der Waals surface area contributed by atoms with Gasteiger partial charge in [0.05, 0.1) is 11.9 Å². The van der Waals surface area contributed by atoms with Gasteiger partial charge in [-0.15, -0.1) is 0 Å². The van der Waals surface area contributed by atoms with Crippen LogP contribution in [-0.4, -0.2) is 72.0 Å². The van der Waals surface area contributed by atoms with E-state index in [0.717, 1.165) is 24.1 Å². The number of rotatable bonds is 8. The Labute approximate surface area is 276 Å². The Kier molecular flexibility index (Phi) is 9.56. The summed E-state index contributed by atoms with van der Waals surface area (Å²) in [5, 5.41) is 5.77. The van der Waals surface area contributed by atoms with E-state index in [4.69, 9.17) is 4.42 Å². The molecule has 6 rings (SSSR count). The van der Waals surface area contributed by atoms with E-state index in [-0.39, 0.29) is 23.7 Å². The molecule has 252 valence electrons. The van der Waals surface area contributed by atoms with Crippen LogP contribution in [0.5, 0.6) is 0 Å². The number of amides is 2. The number of hydrogen-bond donors (Lipinski definition) is 2. The van der Waals surface area contributed by atoms with Crippen molar-refractivity contribution in [3.05, 3.63) is 95.5 Å². The van der Waals surface area contributed by atoms with Crippen LogP contribution >= 0.6 is 0 Å². The van der Waals surface area contributed by atoms with E-state index in [9.17, 15) is 22.8 Å². The SMILES string of the molecule is Cc1ccccc1NC(C)C(=O)N1CCN(c2ccc(NC(=O)c3oc(N4CCC(c5ccccc5)CC4)nc3C(F)(F)F)cn2)CC1. The summed E-state index contributed by atoms with van der Waals surface area (Å²) in [6.45, 7) is 6.88. The van der Waals surface area contributed by atoms with Crippen LogP contribution in [0.3, 0.4) is 0 Å². The standard InChI is InChI=1S/C35H38F3N7O3/c1-23-8-6-7-11-28(23)40-24(2)33(47)44-20-18-43(19-21-44)29-13-12-27(22-39-29)41-32(46)30-31(35(36,37)38)42-34(48-30)45-16-14-26(15-17-45)25-9-4-3-5-10-25/h3-13,22,24,26,40H,14-21H2,1-2H3,(H,41,46). The number of benzene rings is 2. The molecule has 2 aliphatic rings. The fourth-order valence-corrected chi connectivity index (χ4v) is 6.21. The molecule has 4 aromatic rings. The molecule has 0 spiro atoms. The van der Waals surface area contributed by atoms with Crippen LogP contribution in [0.4, 0.5) is 36.4 Å². The number of piperidine rings is 1. The topological polar surface area (TPSA) is 107 Å². The molecule has 4 heterocycles. The van der Waals surface area contributed by atoms with Crippen LogP contribution in [0, 0.1) is 6.92 Å². The van der Waals surface area contributed by atoms with Gasteiger partial charge in [-0.25, -0.2) is 4.98 Å². The van der Waals surface area contributed by atoms with E-state index in [0.29, 0.717) is 51.0 Å². The summed E-state index contributed by atoms with van der Waals surface area (Å²) in [6.07, 6.45) is -2.04. The first-order chi connectivity index (χ1) is 23.1. The van der Waals surface area contributed by atoms with E-state index in [1.807, 2.05) is 78.2 Å². The summed E-state index contributed by atoms with van der Waals surface area (Å²) in [5.74, 6) is -1.02. The largest absolute Gasteiger partial charge is 0.437 e. The van der Waals surface area contributed by atoms with Crippen molar-refractivity contribution in [3.63, 3.8) is 0 Å². The van der Waals surface area contributed by atoms with Gasteiger partial charge in [0.15, 0.2) is 5.69 Å². The summed E-state index contributed by atoms with van der Waals surface area (Å²) in [6, 6.07) is 20.5. The van der Waals surface area contributed by atoms with Gasteiger partial charge >= 0.3 is 6.18 Å². The fraction of sp³-hybridized carbons (Fsp3) is 0.371. The Balaban J connectivity index is 1.04. The van der Waals surface area contributed by atoms with Crippen LogP contribution in [0.2, 0.25) is 0 Å². The number of piperazine rings is 1. The molecule has 1 atom stereocenters. The van der Waals surface area contributed by atoms with Gasteiger partial charge in [0.2, 0.25) is 11.7 Å². The molecule has 2 aliphatic heterocycles. The highest BCUT2D eigenvalue weighted by Crippen LogP contribution is 2.36. The Bertz CT molecular complexity index is 1710. The van der Waals surface area contributed by atoms with Gasteiger partial charge in [0.1, 0.15) is 11.9 Å². The second-order valence-corrected chi connectivity index (χ2v) is 12.2. The maximum atomic E-state index is 13.9. The molecule has 2 N–H and O–H groups in total. The maximum Gasteiger partial charge on any atom is 0.437 e. The minimum absolute atomic E-state index is 0.00869. The zero-order chi connectivity index (χ0) is 33.8. The molecule has 2 aromatic heterocycles. The van der Waals surface area contributed by atoms with Crippen molar-refractivity contribution in [2.24, 2.45) is 0 Å². The van der Waals surface area contributed by atoms with E-state index in [1.54, 1.807) is 17.0 Å². The number of pyridine rings is 1. The highest BCUT2D eigenvalue weighted by atomic mass is 19.4. The summed E-state index contributed by atoms with van der Waals surface area (Å²) in [5.41, 5.74) is 2.03. The third kappa shape index (κ3) is 7.40. The lowest BCUT2D eigenvalue weighted by Crippen LogP contribution is -2.52. The molecule has 13 heteroatoms. The van der Waals surface area contributed by atoms with E-state index >= 15 is 0 Å². The number of aryl methyl sites for hydroxylation is 1. The van der Waals surface area contributed by atoms with Crippen molar-refractivity contribution in [2.75, 3.05) is 59.7 Å². The van der Waals surface area contributed by atoms with Crippen molar-refractivity contribution >= 4 is 35.0 Å². The monoisotopic (exact) mass is 661 g/mol. The summed E-state index contributed by atoms with van der Waals surface area (Å²) in [7, 11) is 0. The van der Waals surface area contributed by atoms with E-state index in [1.165, 1.54) is 11.8 Å². The Morgan fingerprint density at radius 1 is 0.896 bits per heavy atom. The molecular formula is C35H38F3N7O3. The molecule has 0 radical (unpaired) electrons. The highest BCUT2D eigenvalue weighted by molar-refractivity contribution is 6.03. The molecule has 2 aromatic carbocycles. The van der Waals surface area contributed by atoms with Crippen LogP contribution in [0.15, 0.2) is 77.3 Å². The smallest absolute Gasteiger partial charge is 0.417 e. The first-order valence-electron chi connectivity index (χ1n) is 16.1. The van der Waals surface area contributed by atoms with Crippen molar-refractivity contribution in [1.82, 2.24) is 14.9 Å². The molecular weight excluding hydrogens is 623 g/mol. The zero-order valence-corrected chi connectivity index (χ0v) is 26.8. The molecule has 2 saturated heterocycles. The molecule has 0 bridgehead atoms. The molecule has 0 aliphatic carbocycles. The summed E-state index contributed by atoms with van der Waals surface area (Å²) < 4.78 is 47.3. The predicted octanol–water partition coefficient (Wildman–Crippen LogP) is 6.18. The number of oxazole rings is 1. The number of nitrogens with one attached hydrogen (secondary N) is 2. The first kappa shape index (κ1) is 32.9. The number of aromatic nitrogens is 2.